The van der Waals surface area contributed by atoms with Gasteiger partial charge in [0, 0.05) is 19.6 Å². The largest absolute Gasteiger partial charge is 0.480 e. The average Bonchev–Trinajstić information content (AvgIpc) is 3.37. The van der Waals surface area contributed by atoms with E-state index >= 15 is 0 Å². The lowest BCUT2D eigenvalue weighted by Gasteiger charge is -2.29. The lowest BCUT2D eigenvalue weighted by atomic mass is 10.0. The van der Waals surface area contributed by atoms with Gasteiger partial charge < -0.3 is 55.0 Å². The van der Waals surface area contributed by atoms with Gasteiger partial charge in [0.25, 0.3) is 0 Å². The molecule has 0 aromatic rings. The molecule has 0 aromatic heterocycles. The van der Waals surface area contributed by atoms with Crippen LogP contribution in [-0.2, 0) is 19.2 Å². The number of unbranched alkanes of at least 4 members (excludes halogenated alkanes) is 1. The van der Waals surface area contributed by atoms with Crippen molar-refractivity contribution >= 4 is 35.6 Å². The molecule has 0 saturated carbocycles. The SMILES string of the molecule is NCCCCC(NC(=O)C(N)CCCN=C(N)N)C(=O)NC(CCCN=C(N)N)C(=O)N1CCCC1C(=O)O. The number of aliphatic carboxylic acids is 1. The Balaban J connectivity index is 2.98. The topological polar surface area (TPSA) is 297 Å². The molecule has 1 saturated heterocycles. The number of carbonyl (C=O) groups is 4. The summed E-state index contributed by atoms with van der Waals surface area (Å²) >= 11 is 0. The highest BCUT2D eigenvalue weighted by atomic mass is 16.4. The summed E-state index contributed by atoms with van der Waals surface area (Å²) in [4.78, 5) is 60.1. The number of carboxylic acids is 1. The maximum atomic E-state index is 13.3. The zero-order valence-electron chi connectivity index (χ0n) is 22.4. The van der Waals surface area contributed by atoms with E-state index in [1.165, 1.54) is 4.90 Å². The quantitative estimate of drug-likeness (QED) is 0.0456. The summed E-state index contributed by atoms with van der Waals surface area (Å²) in [5, 5.41) is 14.9. The number of nitrogens with two attached hydrogens (primary N) is 6. The number of nitrogens with zero attached hydrogens (tertiary/aromatic N) is 3. The second kappa shape index (κ2) is 17.8. The van der Waals surface area contributed by atoms with Crippen LogP contribution in [0.15, 0.2) is 9.98 Å². The first-order valence-electron chi connectivity index (χ1n) is 13.2. The van der Waals surface area contributed by atoms with Gasteiger partial charge in [0.05, 0.1) is 6.04 Å². The van der Waals surface area contributed by atoms with Crippen molar-refractivity contribution in [3.05, 3.63) is 0 Å². The van der Waals surface area contributed by atoms with Gasteiger partial charge in [-0.05, 0) is 64.3 Å². The van der Waals surface area contributed by atoms with Crippen molar-refractivity contribution in [2.75, 3.05) is 26.2 Å². The molecule has 16 nitrogen and oxygen atoms in total. The van der Waals surface area contributed by atoms with E-state index in [0.29, 0.717) is 51.6 Å². The number of rotatable bonds is 18. The van der Waals surface area contributed by atoms with E-state index in [4.69, 9.17) is 34.4 Å². The summed E-state index contributed by atoms with van der Waals surface area (Å²) in [6.07, 6.45) is 3.57. The van der Waals surface area contributed by atoms with E-state index in [1.54, 1.807) is 0 Å². The van der Waals surface area contributed by atoms with Crippen LogP contribution in [0.25, 0.3) is 0 Å². The minimum atomic E-state index is -1.10. The van der Waals surface area contributed by atoms with Crippen LogP contribution in [0.2, 0.25) is 0 Å². The maximum absolute atomic E-state index is 13.3. The minimum absolute atomic E-state index is 0.0596. The average molecular weight is 556 g/mol. The Hall–Kier alpha value is -3.66. The molecule has 1 heterocycles. The number of carboxylic acid groups (broad SMARTS) is 1. The molecule has 1 rings (SSSR count). The zero-order valence-corrected chi connectivity index (χ0v) is 22.4. The third-order valence-electron chi connectivity index (χ3n) is 6.27. The molecule has 4 atom stereocenters. The van der Waals surface area contributed by atoms with E-state index in [-0.39, 0.29) is 44.3 Å². The first kappa shape index (κ1) is 33.4. The van der Waals surface area contributed by atoms with Crippen LogP contribution in [0.3, 0.4) is 0 Å². The molecule has 0 aliphatic carbocycles. The molecule has 1 fully saturated rings. The van der Waals surface area contributed by atoms with Crippen LogP contribution in [0, 0.1) is 0 Å². The monoisotopic (exact) mass is 555 g/mol. The molecule has 0 aromatic carbocycles. The molecule has 4 unspecified atom stereocenters. The molecule has 16 heteroatoms. The fourth-order valence-corrected chi connectivity index (χ4v) is 4.21. The Morgan fingerprint density at radius 2 is 1.41 bits per heavy atom. The van der Waals surface area contributed by atoms with Crippen molar-refractivity contribution < 1.29 is 24.3 Å². The van der Waals surface area contributed by atoms with Gasteiger partial charge in [0.1, 0.15) is 18.1 Å². The molecule has 15 N–H and O–H groups in total. The molecule has 39 heavy (non-hydrogen) atoms. The van der Waals surface area contributed by atoms with Crippen LogP contribution >= 0.6 is 0 Å². The number of hydrogen-bond acceptors (Lipinski definition) is 8. The Morgan fingerprint density at radius 1 is 0.846 bits per heavy atom. The molecule has 1 aliphatic rings. The summed E-state index contributed by atoms with van der Waals surface area (Å²) in [6.45, 7) is 1.20. The molecule has 222 valence electrons. The molecular weight excluding hydrogens is 510 g/mol. The van der Waals surface area contributed by atoms with E-state index in [0.717, 1.165) is 0 Å². The number of aliphatic imine (C=N–C) groups is 2. The molecule has 3 amide bonds. The Labute approximate surface area is 228 Å². The molecule has 0 radical (unpaired) electrons. The van der Waals surface area contributed by atoms with Crippen LogP contribution in [-0.4, -0.2) is 96.0 Å². The highest BCUT2D eigenvalue weighted by molar-refractivity contribution is 5.94. The molecule has 0 bridgehead atoms. The van der Waals surface area contributed by atoms with Crippen LogP contribution in [0.1, 0.15) is 57.8 Å². The Kier molecular flexibility index (Phi) is 15.2. The van der Waals surface area contributed by atoms with Crippen molar-refractivity contribution in [2.24, 2.45) is 44.4 Å². The summed E-state index contributed by atoms with van der Waals surface area (Å²) < 4.78 is 0. The predicted octanol–water partition coefficient (Wildman–Crippen LogP) is -3.40. The first-order chi connectivity index (χ1) is 18.5. The maximum Gasteiger partial charge on any atom is 0.326 e. The number of hydrogen-bond donors (Lipinski definition) is 9. The van der Waals surface area contributed by atoms with Crippen molar-refractivity contribution in [3.8, 4) is 0 Å². The van der Waals surface area contributed by atoms with Gasteiger partial charge in [-0.1, -0.05) is 0 Å². The van der Waals surface area contributed by atoms with Crippen LogP contribution in [0.5, 0.6) is 0 Å². The van der Waals surface area contributed by atoms with Gasteiger partial charge in [-0.2, -0.15) is 0 Å². The predicted molar refractivity (Wildman–Crippen MR) is 147 cm³/mol. The summed E-state index contributed by atoms with van der Waals surface area (Å²) in [7, 11) is 0. The Bertz CT molecular complexity index is 875. The number of likely N-dealkylation sites (tertiary alicyclic amines) is 1. The molecule has 1 aliphatic heterocycles. The van der Waals surface area contributed by atoms with Gasteiger partial charge >= 0.3 is 5.97 Å². The first-order valence-corrected chi connectivity index (χ1v) is 13.2. The number of amides is 3. The normalized spacial score (nSPS) is 17.0. The van der Waals surface area contributed by atoms with Gasteiger partial charge in [-0.15, -0.1) is 0 Å². The lowest BCUT2D eigenvalue weighted by molar-refractivity contribution is -0.149. The number of carbonyl (C=O) groups excluding carboxylic acids is 3. The zero-order chi connectivity index (χ0) is 29.4. The van der Waals surface area contributed by atoms with Gasteiger partial charge in [-0.3, -0.25) is 24.4 Å². The lowest BCUT2D eigenvalue weighted by Crippen LogP contribution is -2.57. The molecule has 0 spiro atoms. The van der Waals surface area contributed by atoms with Crippen molar-refractivity contribution in [1.82, 2.24) is 15.5 Å². The van der Waals surface area contributed by atoms with Gasteiger partial charge in [0.2, 0.25) is 17.7 Å². The second-order valence-electron chi connectivity index (χ2n) is 9.44. The van der Waals surface area contributed by atoms with E-state index in [1.807, 2.05) is 0 Å². The van der Waals surface area contributed by atoms with Gasteiger partial charge in [0.15, 0.2) is 11.9 Å². The highest BCUT2D eigenvalue weighted by Gasteiger charge is 2.38. The van der Waals surface area contributed by atoms with Gasteiger partial charge in [-0.25, -0.2) is 4.79 Å². The third-order valence-corrected chi connectivity index (χ3v) is 6.27. The molecular formula is C23H45N11O5. The standard InChI is InChI=1S/C23H45N11O5/c24-10-2-1-7-15(32-18(35)14(25)6-3-11-30-22(26)27)19(36)33-16(8-4-12-31-23(28)29)20(37)34-13-5-9-17(34)21(38)39/h14-17H,1-13,24-25H2,(H,32,35)(H,33,36)(H,38,39)(H4,26,27,30)(H4,28,29,31). The third kappa shape index (κ3) is 12.6. The Morgan fingerprint density at radius 3 is 1.97 bits per heavy atom. The fourth-order valence-electron chi connectivity index (χ4n) is 4.21. The van der Waals surface area contributed by atoms with Crippen molar-refractivity contribution in [3.63, 3.8) is 0 Å². The van der Waals surface area contributed by atoms with E-state index < -0.39 is 47.9 Å². The van der Waals surface area contributed by atoms with Crippen molar-refractivity contribution in [1.29, 1.82) is 0 Å². The summed E-state index contributed by atoms with van der Waals surface area (Å²) in [5.41, 5.74) is 32.9. The summed E-state index contributed by atoms with van der Waals surface area (Å²) in [5.74, 6) is -2.90. The van der Waals surface area contributed by atoms with Crippen LogP contribution < -0.4 is 45.0 Å². The smallest absolute Gasteiger partial charge is 0.326 e. The van der Waals surface area contributed by atoms with Crippen molar-refractivity contribution in [2.45, 2.75) is 82.0 Å². The summed E-state index contributed by atoms with van der Waals surface area (Å²) in [6, 6.07) is -3.88. The van der Waals surface area contributed by atoms with Crippen LogP contribution in [0.4, 0.5) is 0 Å². The number of nitrogens with one attached hydrogen (secondary N) is 2. The minimum Gasteiger partial charge on any atom is -0.480 e. The fraction of sp³-hybridized carbons (Fsp3) is 0.739. The van der Waals surface area contributed by atoms with E-state index in [9.17, 15) is 24.3 Å². The van der Waals surface area contributed by atoms with E-state index in [2.05, 4.69) is 20.6 Å². The second-order valence-corrected chi connectivity index (χ2v) is 9.44. The highest BCUT2D eigenvalue weighted by Crippen LogP contribution is 2.20. The number of guanidine groups is 2.